The average molecular weight is 318 g/mol. The van der Waals surface area contributed by atoms with Crippen LogP contribution in [0.25, 0.3) is 0 Å². The van der Waals surface area contributed by atoms with E-state index < -0.39 is 0 Å². The molecule has 0 aromatic carbocycles. The van der Waals surface area contributed by atoms with Crippen LogP contribution in [-0.4, -0.2) is 14.8 Å². The number of thiophene rings is 1. The van der Waals surface area contributed by atoms with Gasteiger partial charge in [0.15, 0.2) is 4.77 Å². The van der Waals surface area contributed by atoms with E-state index in [9.17, 15) is 0 Å². The first-order valence-corrected chi connectivity index (χ1v) is 6.99. The standard InChI is InChI=1S/C10H12BrN3S2/c1-6(2)9-12-13-10(15)14(9)5-7-3-4-8(11)16-7/h3-4,6H,5H2,1-2H3,(H,13,15). The smallest absolute Gasteiger partial charge is 0.195 e. The largest absolute Gasteiger partial charge is 0.299 e. The molecule has 16 heavy (non-hydrogen) atoms. The number of aromatic nitrogens is 3. The van der Waals surface area contributed by atoms with Gasteiger partial charge in [0.2, 0.25) is 0 Å². The Hall–Kier alpha value is -0.460. The second kappa shape index (κ2) is 4.81. The molecule has 0 radical (unpaired) electrons. The molecule has 0 saturated carbocycles. The van der Waals surface area contributed by atoms with Gasteiger partial charge in [-0.05, 0) is 40.3 Å². The second-order valence-corrected chi connectivity index (χ2v) is 6.77. The molecule has 0 aliphatic heterocycles. The minimum atomic E-state index is 0.372. The highest BCUT2D eigenvalue weighted by molar-refractivity contribution is 9.11. The Bertz CT molecular complexity index is 538. The summed E-state index contributed by atoms with van der Waals surface area (Å²) in [7, 11) is 0. The van der Waals surface area contributed by atoms with Crippen LogP contribution in [0.4, 0.5) is 0 Å². The molecule has 0 spiro atoms. The van der Waals surface area contributed by atoms with Gasteiger partial charge >= 0.3 is 0 Å². The summed E-state index contributed by atoms with van der Waals surface area (Å²) in [5.74, 6) is 1.38. The van der Waals surface area contributed by atoms with Gasteiger partial charge in [-0.2, -0.15) is 5.10 Å². The van der Waals surface area contributed by atoms with E-state index in [0.29, 0.717) is 10.7 Å². The molecule has 0 bridgehead atoms. The summed E-state index contributed by atoms with van der Waals surface area (Å²) >= 11 is 10.4. The molecule has 0 atom stereocenters. The van der Waals surface area contributed by atoms with Crippen LogP contribution in [0.15, 0.2) is 15.9 Å². The van der Waals surface area contributed by atoms with Crippen LogP contribution in [0, 0.1) is 4.77 Å². The van der Waals surface area contributed by atoms with Crippen LogP contribution < -0.4 is 0 Å². The number of halogens is 1. The molecule has 2 aromatic heterocycles. The average Bonchev–Trinajstić information content (AvgIpc) is 2.76. The predicted molar refractivity (Wildman–Crippen MR) is 72.6 cm³/mol. The lowest BCUT2D eigenvalue weighted by molar-refractivity contribution is 0.669. The minimum absolute atomic E-state index is 0.372. The molecule has 0 saturated heterocycles. The van der Waals surface area contributed by atoms with Gasteiger partial charge in [0, 0.05) is 10.8 Å². The molecular weight excluding hydrogens is 306 g/mol. The summed E-state index contributed by atoms with van der Waals surface area (Å²) < 4.78 is 3.88. The van der Waals surface area contributed by atoms with E-state index >= 15 is 0 Å². The topological polar surface area (TPSA) is 33.6 Å². The van der Waals surface area contributed by atoms with Crippen LogP contribution in [-0.2, 0) is 6.54 Å². The molecule has 0 aliphatic rings. The molecule has 2 aromatic rings. The summed E-state index contributed by atoms with van der Waals surface area (Å²) in [4.78, 5) is 1.27. The summed E-state index contributed by atoms with van der Waals surface area (Å²) in [6.45, 7) is 5.02. The Morgan fingerprint density at radius 3 is 2.88 bits per heavy atom. The van der Waals surface area contributed by atoms with Gasteiger partial charge in [0.05, 0.1) is 10.3 Å². The van der Waals surface area contributed by atoms with E-state index in [-0.39, 0.29) is 0 Å². The lowest BCUT2D eigenvalue weighted by Crippen LogP contribution is -2.05. The quantitative estimate of drug-likeness (QED) is 0.870. The molecule has 0 unspecified atom stereocenters. The summed E-state index contributed by atoms with van der Waals surface area (Å²) in [5, 5.41) is 7.11. The van der Waals surface area contributed by atoms with Crippen LogP contribution in [0.5, 0.6) is 0 Å². The molecule has 0 fully saturated rings. The van der Waals surface area contributed by atoms with Crippen molar-refractivity contribution in [2.24, 2.45) is 0 Å². The van der Waals surface area contributed by atoms with Gasteiger partial charge in [-0.1, -0.05) is 13.8 Å². The maximum Gasteiger partial charge on any atom is 0.195 e. The lowest BCUT2D eigenvalue weighted by Gasteiger charge is -2.07. The number of aromatic amines is 1. The maximum absolute atomic E-state index is 5.24. The molecule has 2 rings (SSSR count). The summed E-state index contributed by atoms with van der Waals surface area (Å²) in [6, 6.07) is 4.16. The highest BCUT2D eigenvalue weighted by Crippen LogP contribution is 2.24. The Morgan fingerprint density at radius 2 is 2.31 bits per heavy atom. The zero-order chi connectivity index (χ0) is 11.7. The van der Waals surface area contributed by atoms with Crippen molar-refractivity contribution in [1.82, 2.24) is 14.8 Å². The lowest BCUT2D eigenvalue weighted by atomic mass is 10.2. The first kappa shape index (κ1) is 12.0. The Morgan fingerprint density at radius 1 is 1.56 bits per heavy atom. The number of nitrogens with one attached hydrogen (secondary N) is 1. The van der Waals surface area contributed by atoms with Gasteiger partial charge in [0.25, 0.3) is 0 Å². The van der Waals surface area contributed by atoms with Crippen molar-refractivity contribution in [3.05, 3.63) is 31.4 Å². The van der Waals surface area contributed by atoms with Crippen LogP contribution in [0.1, 0.15) is 30.5 Å². The Kier molecular flexibility index (Phi) is 3.61. The third kappa shape index (κ3) is 2.44. The van der Waals surface area contributed by atoms with Crippen molar-refractivity contribution in [3.63, 3.8) is 0 Å². The SMILES string of the molecule is CC(C)c1n[nH]c(=S)n1Cc1ccc(Br)s1. The first-order chi connectivity index (χ1) is 7.58. The number of hydrogen-bond acceptors (Lipinski definition) is 3. The van der Waals surface area contributed by atoms with Crippen molar-refractivity contribution >= 4 is 39.5 Å². The highest BCUT2D eigenvalue weighted by Gasteiger charge is 2.10. The van der Waals surface area contributed by atoms with E-state index in [1.54, 1.807) is 11.3 Å². The van der Waals surface area contributed by atoms with Crippen molar-refractivity contribution in [1.29, 1.82) is 0 Å². The Labute approximate surface area is 112 Å². The monoisotopic (exact) mass is 317 g/mol. The number of H-pyrrole nitrogens is 1. The van der Waals surface area contributed by atoms with E-state index in [1.807, 2.05) is 0 Å². The normalized spacial score (nSPS) is 11.2. The fourth-order valence-corrected chi connectivity index (χ4v) is 3.19. The second-order valence-electron chi connectivity index (χ2n) is 3.83. The van der Waals surface area contributed by atoms with Gasteiger partial charge in [-0.3, -0.25) is 9.67 Å². The first-order valence-electron chi connectivity index (χ1n) is 4.97. The van der Waals surface area contributed by atoms with Crippen LogP contribution in [0.3, 0.4) is 0 Å². The number of nitrogens with zero attached hydrogens (tertiary/aromatic N) is 2. The fourth-order valence-electron chi connectivity index (χ4n) is 1.52. The zero-order valence-corrected chi connectivity index (χ0v) is 12.2. The predicted octanol–water partition coefficient (Wildman–Crippen LogP) is 3.94. The molecule has 6 heteroatoms. The van der Waals surface area contributed by atoms with Crippen molar-refractivity contribution in [2.75, 3.05) is 0 Å². The van der Waals surface area contributed by atoms with E-state index in [0.717, 1.165) is 16.2 Å². The maximum atomic E-state index is 5.24. The molecule has 0 amide bonds. The highest BCUT2D eigenvalue weighted by atomic mass is 79.9. The third-order valence-electron chi connectivity index (χ3n) is 2.25. The number of hydrogen-bond donors (Lipinski definition) is 1. The molecular formula is C10H12BrN3S2. The third-order valence-corrected chi connectivity index (χ3v) is 4.17. The summed E-state index contributed by atoms with van der Waals surface area (Å²) in [6.07, 6.45) is 0. The molecule has 2 heterocycles. The van der Waals surface area contributed by atoms with E-state index in [1.165, 1.54) is 4.88 Å². The molecule has 1 N–H and O–H groups in total. The van der Waals surface area contributed by atoms with Crippen LogP contribution in [0.2, 0.25) is 0 Å². The Balaban J connectivity index is 2.33. The fraction of sp³-hybridized carbons (Fsp3) is 0.400. The van der Waals surface area contributed by atoms with Crippen molar-refractivity contribution < 1.29 is 0 Å². The minimum Gasteiger partial charge on any atom is -0.299 e. The van der Waals surface area contributed by atoms with Gasteiger partial charge in [0.1, 0.15) is 5.82 Å². The number of rotatable bonds is 3. The van der Waals surface area contributed by atoms with Gasteiger partial charge < -0.3 is 0 Å². The van der Waals surface area contributed by atoms with Crippen LogP contribution >= 0.6 is 39.5 Å². The molecule has 3 nitrogen and oxygen atoms in total. The molecule has 0 aliphatic carbocycles. The van der Waals surface area contributed by atoms with E-state index in [2.05, 4.69) is 56.7 Å². The molecule has 86 valence electrons. The van der Waals surface area contributed by atoms with Gasteiger partial charge in [-0.15, -0.1) is 11.3 Å². The van der Waals surface area contributed by atoms with Gasteiger partial charge in [-0.25, -0.2) is 0 Å². The zero-order valence-electron chi connectivity index (χ0n) is 9.03. The van der Waals surface area contributed by atoms with Crippen molar-refractivity contribution in [3.8, 4) is 0 Å². The van der Waals surface area contributed by atoms with E-state index in [4.69, 9.17) is 12.2 Å². The van der Waals surface area contributed by atoms with Crippen molar-refractivity contribution in [2.45, 2.75) is 26.3 Å². The summed E-state index contributed by atoms with van der Waals surface area (Å²) in [5.41, 5.74) is 0.